The second kappa shape index (κ2) is 6.98. The highest BCUT2D eigenvalue weighted by atomic mass is 16.2. The lowest BCUT2D eigenvalue weighted by atomic mass is 10.1. The third-order valence-corrected chi connectivity index (χ3v) is 3.42. The van der Waals surface area contributed by atoms with Crippen molar-refractivity contribution in [2.24, 2.45) is 0 Å². The molecule has 1 heterocycles. The molecule has 0 aliphatic carbocycles. The second-order valence-electron chi connectivity index (χ2n) is 5.15. The quantitative estimate of drug-likeness (QED) is 0.696. The van der Waals surface area contributed by atoms with Crippen LogP contribution in [-0.4, -0.2) is 24.1 Å². The Balaban J connectivity index is 1.82. The van der Waals surface area contributed by atoms with Crippen LogP contribution in [0.5, 0.6) is 0 Å². The standard InChI is InChI=1S/C16H23N3O/c1-3-4-8-17-16(20)18-9-7-13-11-19-15-10-12(2)5-6-14(13)15/h5-6,10-11,19H,3-4,7-9H2,1-2H3,(H2,17,18,20). The van der Waals surface area contributed by atoms with E-state index in [0.717, 1.165) is 31.3 Å². The molecule has 0 atom stereocenters. The summed E-state index contributed by atoms with van der Waals surface area (Å²) in [6.45, 7) is 5.59. The third kappa shape index (κ3) is 3.76. The van der Waals surface area contributed by atoms with Gasteiger partial charge in [-0.2, -0.15) is 0 Å². The van der Waals surface area contributed by atoms with Gasteiger partial charge in [-0.15, -0.1) is 0 Å². The number of unbranched alkanes of at least 4 members (excludes halogenated alkanes) is 1. The van der Waals surface area contributed by atoms with Crippen molar-refractivity contribution in [1.82, 2.24) is 15.6 Å². The van der Waals surface area contributed by atoms with E-state index < -0.39 is 0 Å². The van der Waals surface area contributed by atoms with Crippen molar-refractivity contribution in [2.75, 3.05) is 13.1 Å². The highest BCUT2D eigenvalue weighted by molar-refractivity contribution is 5.83. The zero-order valence-electron chi connectivity index (χ0n) is 12.3. The van der Waals surface area contributed by atoms with Crippen molar-refractivity contribution < 1.29 is 4.79 Å². The minimum absolute atomic E-state index is 0.0749. The molecular weight excluding hydrogens is 250 g/mol. The largest absolute Gasteiger partial charge is 0.361 e. The number of aromatic nitrogens is 1. The number of H-pyrrole nitrogens is 1. The van der Waals surface area contributed by atoms with Gasteiger partial charge in [0, 0.05) is 30.2 Å². The van der Waals surface area contributed by atoms with E-state index in [4.69, 9.17) is 0 Å². The zero-order valence-corrected chi connectivity index (χ0v) is 12.3. The topological polar surface area (TPSA) is 56.9 Å². The highest BCUT2D eigenvalue weighted by Gasteiger charge is 2.04. The lowest BCUT2D eigenvalue weighted by Crippen LogP contribution is -2.37. The van der Waals surface area contributed by atoms with Gasteiger partial charge < -0.3 is 15.6 Å². The van der Waals surface area contributed by atoms with Crippen LogP contribution in [0.25, 0.3) is 10.9 Å². The number of rotatable bonds is 6. The molecule has 20 heavy (non-hydrogen) atoms. The number of hydrogen-bond donors (Lipinski definition) is 3. The normalized spacial score (nSPS) is 10.7. The molecule has 0 fully saturated rings. The number of amides is 2. The number of urea groups is 1. The molecule has 0 unspecified atom stereocenters. The molecule has 108 valence electrons. The van der Waals surface area contributed by atoms with E-state index in [1.165, 1.54) is 16.5 Å². The van der Waals surface area contributed by atoms with Crippen LogP contribution in [-0.2, 0) is 6.42 Å². The molecule has 1 aromatic carbocycles. The molecular formula is C16H23N3O. The Hall–Kier alpha value is -1.97. The third-order valence-electron chi connectivity index (χ3n) is 3.42. The minimum Gasteiger partial charge on any atom is -0.361 e. The molecule has 0 bridgehead atoms. The molecule has 0 aliphatic rings. The fraction of sp³-hybridized carbons (Fsp3) is 0.438. The Kier molecular flexibility index (Phi) is 5.04. The van der Waals surface area contributed by atoms with E-state index in [2.05, 4.69) is 47.7 Å². The number of aromatic amines is 1. The van der Waals surface area contributed by atoms with E-state index in [1.54, 1.807) is 0 Å². The summed E-state index contributed by atoms with van der Waals surface area (Å²) >= 11 is 0. The van der Waals surface area contributed by atoms with E-state index >= 15 is 0 Å². The maximum absolute atomic E-state index is 11.5. The highest BCUT2D eigenvalue weighted by Crippen LogP contribution is 2.19. The van der Waals surface area contributed by atoms with Crippen molar-refractivity contribution in [3.05, 3.63) is 35.5 Å². The first kappa shape index (κ1) is 14.4. The van der Waals surface area contributed by atoms with Crippen LogP contribution in [0.2, 0.25) is 0 Å². The zero-order chi connectivity index (χ0) is 14.4. The average molecular weight is 273 g/mol. The molecule has 0 aliphatic heterocycles. The van der Waals surface area contributed by atoms with Crippen LogP contribution in [0.15, 0.2) is 24.4 Å². The van der Waals surface area contributed by atoms with Crippen LogP contribution < -0.4 is 10.6 Å². The number of carbonyl (C=O) groups is 1. The second-order valence-corrected chi connectivity index (χ2v) is 5.15. The van der Waals surface area contributed by atoms with Crippen LogP contribution in [0, 0.1) is 6.92 Å². The summed E-state index contributed by atoms with van der Waals surface area (Å²) in [5.74, 6) is 0. The predicted octanol–water partition coefficient (Wildman–Crippen LogP) is 3.12. The van der Waals surface area contributed by atoms with Gasteiger partial charge in [-0.3, -0.25) is 0 Å². The van der Waals surface area contributed by atoms with Gasteiger partial charge in [0.15, 0.2) is 0 Å². The summed E-state index contributed by atoms with van der Waals surface area (Å²) in [7, 11) is 0. The summed E-state index contributed by atoms with van der Waals surface area (Å²) in [4.78, 5) is 14.8. The van der Waals surface area contributed by atoms with Gasteiger partial charge in [-0.05, 0) is 37.0 Å². The molecule has 4 nitrogen and oxygen atoms in total. The van der Waals surface area contributed by atoms with E-state index in [0.29, 0.717) is 6.54 Å². The van der Waals surface area contributed by atoms with Gasteiger partial charge in [0.25, 0.3) is 0 Å². The Bertz CT molecular complexity index is 574. The molecule has 2 aromatic rings. The molecule has 4 heteroatoms. The number of benzene rings is 1. The van der Waals surface area contributed by atoms with Gasteiger partial charge in [0.2, 0.25) is 0 Å². The van der Waals surface area contributed by atoms with Gasteiger partial charge in [-0.25, -0.2) is 4.79 Å². The summed E-state index contributed by atoms with van der Waals surface area (Å²) in [5.41, 5.74) is 3.65. The van der Waals surface area contributed by atoms with Crippen LogP contribution >= 0.6 is 0 Å². The summed E-state index contributed by atoms with van der Waals surface area (Å²) < 4.78 is 0. The Morgan fingerprint density at radius 1 is 1.25 bits per heavy atom. The molecule has 1 aromatic heterocycles. The Morgan fingerprint density at radius 3 is 2.85 bits per heavy atom. The number of hydrogen-bond acceptors (Lipinski definition) is 1. The number of carbonyl (C=O) groups excluding carboxylic acids is 1. The molecule has 0 radical (unpaired) electrons. The fourth-order valence-corrected chi connectivity index (χ4v) is 2.26. The van der Waals surface area contributed by atoms with Crippen molar-refractivity contribution >= 4 is 16.9 Å². The van der Waals surface area contributed by atoms with Crippen molar-refractivity contribution in [1.29, 1.82) is 0 Å². The monoisotopic (exact) mass is 273 g/mol. The smallest absolute Gasteiger partial charge is 0.314 e. The lowest BCUT2D eigenvalue weighted by Gasteiger charge is -2.06. The van der Waals surface area contributed by atoms with Crippen LogP contribution in [0.1, 0.15) is 30.9 Å². The molecule has 3 N–H and O–H groups in total. The molecule has 2 amide bonds. The number of fused-ring (bicyclic) bond motifs is 1. The van der Waals surface area contributed by atoms with E-state index in [9.17, 15) is 4.79 Å². The summed E-state index contributed by atoms with van der Waals surface area (Å²) in [6.07, 6.45) is 4.98. The minimum atomic E-state index is -0.0749. The Morgan fingerprint density at radius 2 is 2.05 bits per heavy atom. The van der Waals surface area contributed by atoms with Crippen molar-refractivity contribution in [3.8, 4) is 0 Å². The Labute approximate surface area is 120 Å². The van der Waals surface area contributed by atoms with Crippen molar-refractivity contribution in [3.63, 3.8) is 0 Å². The maximum Gasteiger partial charge on any atom is 0.314 e. The number of aryl methyl sites for hydroxylation is 1. The van der Waals surface area contributed by atoms with Crippen LogP contribution in [0.4, 0.5) is 4.79 Å². The van der Waals surface area contributed by atoms with Gasteiger partial charge in [0.05, 0.1) is 0 Å². The van der Waals surface area contributed by atoms with Gasteiger partial charge in [-0.1, -0.05) is 25.5 Å². The molecule has 2 rings (SSSR count). The number of nitrogens with one attached hydrogen (secondary N) is 3. The SMILES string of the molecule is CCCCNC(=O)NCCc1c[nH]c2cc(C)ccc12. The first-order chi connectivity index (χ1) is 9.70. The first-order valence-electron chi connectivity index (χ1n) is 7.29. The van der Waals surface area contributed by atoms with E-state index in [-0.39, 0.29) is 6.03 Å². The molecule has 0 saturated carbocycles. The maximum atomic E-state index is 11.5. The van der Waals surface area contributed by atoms with Crippen LogP contribution in [0.3, 0.4) is 0 Å². The average Bonchev–Trinajstić information content (AvgIpc) is 2.81. The lowest BCUT2D eigenvalue weighted by molar-refractivity contribution is 0.241. The molecule has 0 spiro atoms. The van der Waals surface area contributed by atoms with Crippen molar-refractivity contribution in [2.45, 2.75) is 33.1 Å². The predicted molar refractivity (Wildman–Crippen MR) is 83.0 cm³/mol. The van der Waals surface area contributed by atoms with E-state index in [1.807, 2.05) is 6.20 Å². The molecule has 0 saturated heterocycles. The summed E-state index contributed by atoms with van der Waals surface area (Å²) in [6, 6.07) is 6.32. The van der Waals surface area contributed by atoms with Gasteiger partial charge in [0.1, 0.15) is 0 Å². The van der Waals surface area contributed by atoms with Gasteiger partial charge >= 0.3 is 6.03 Å². The first-order valence-corrected chi connectivity index (χ1v) is 7.29. The summed E-state index contributed by atoms with van der Waals surface area (Å²) in [5, 5.41) is 6.98. The fourth-order valence-electron chi connectivity index (χ4n) is 2.26.